The monoisotopic (exact) mass is 268 g/mol. The smallest absolute Gasteiger partial charge is 0.433 e. The number of nitrogens with zero attached hydrogens (tertiary/aromatic N) is 2. The molecule has 1 aromatic heterocycles. The van der Waals surface area contributed by atoms with Crippen molar-refractivity contribution in [3.8, 4) is 0 Å². The minimum absolute atomic E-state index is 0.214. The number of furan rings is 1. The van der Waals surface area contributed by atoms with Gasteiger partial charge in [0.2, 0.25) is 0 Å². The molecule has 8 heteroatoms. The van der Waals surface area contributed by atoms with Gasteiger partial charge in [-0.15, -0.1) is 0 Å². The summed E-state index contributed by atoms with van der Waals surface area (Å²) in [5, 5.41) is 19.2. The third-order valence-corrected chi connectivity index (χ3v) is 2.77. The van der Waals surface area contributed by atoms with Gasteiger partial charge in [0, 0.05) is 6.54 Å². The zero-order valence-electron chi connectivity index (χ0n) is 9.94. The van der Waals surface area contributed by atoms with Crippen molar-refractivity contribution in [2.45, 2.75) is 12.8 Å². The highest BCUT2D eigenvalue weighted by molar-refractivity contribution is 5.93. The summed E-state index contributed by atoms with van der Waals surface area (Å²) in [7, 11) is 0. The van der Waals surface area contributed by atoms with E-state index in [1.54, 1.807) is 0 Å². The summed E-state index contributed by atoms with van der Waals surface area (Å²) in [5.74, 6) is -2.20. The van der Waals surface area contributed by atoms with Crippen LogP contribution in [0.5, 0.6) is 0 Å². The molecule has 19 heavy (non-hydrogen) atoms. The van der Waals surface area contributed by atoms with Crippen LogP contribution in [0.2, 0.25) is 0 Å². The number of rotatable bonds is 6. The van der Waals surface area contributed by atoms with Crippen molar-refractivity contribution < 1.29 is 24.0 Å². The van der Waals surface area contributed by atoms with Gasteiger partial charge in [0.25, 0.3) is 5.91 Å². The first-order valence-electron chi connectivity index (χ1n) is 5.72. The number of carboxylic acid groups (broad SMARTS) is 1. The first-order valence-corrected chi connectivity index (χ1v) is 5.72. The highest BCUT2D eigenvalue weighted by atomic mass is 16.6. The second-order valence-electron chi connectivity index (χ2n) is 4.42. The van der Waals surface area contributed by atoms with Crippen molar-refractivity contribution in [1.29, 1.82) is 0 Å². The van der Waals surface area contributed by atoms with Gasteiger partial charge in [0.1, 0.15) is 11.5 Å². The maximum Gasteiger partial charge on any atom is 0.433 e. The van der Waals surface area contributed by atoms with Gasteiger partial charge in [-0.05, 0) is 24.8 Å². The van der Waals surface area contributed by atoms with Crippen LogP contribution in [0.25, 0.3) is 0 Å². The molecule has 8 nitrogen and oxygen atoms in total. The minimum atomic E-state index is -1.13. The molecule has 1 fully saturated rings. The molecule has 0 aliphatic heterocycles. The maximum absolute atomic E-state index is 12.0. The Labute approximate surface area is 107 Å². The van der Waals surface area contributed by atoms with Crippen LogP contribution in [0.1, 0.15) is 23.4 Å². The normalized spacial score (nSPS) is 14.1. The molecule has 1 heterocycles. The van der Waals surface area contributed by atoms with E-state index in [1.807, 2.05) is 0 Å². The van der Waals surface area contributed by atoms with Crippen LogP contribution in [0.15, 0.2) is 16.5 Å². The van der Waals surface area contributed by atoms with E-state index in [9.17, 15) is 19.7 Å². The number of carbonyl (C=O) groups is 2. The third-order valence-electron chi connectivity index (χ3n) is 2.77. The Bertz CT molecular complexity index is 519. The van der Waals surface area contributed by atoms with E-state index >= 15 is 0 Å². The zero-order valence-corrected chi connectivity index (χ0v) is 9.94. The van der Waals surface area contributed by atoms with E-state index in [0.717, 1.165) is 23.8 Å². The van der Waals surface area contributed by atoms with Gasteiger partial charge < -0.3 is 14.4 Å². The fourth-order valence-corrected chi connectivity index (χ4v) is 1.69. The summed E-state index contributed by atoms with van der Waals surface area (Å²) in [4.78, 5) is 33.6. The topological polar surface area (TPSA) is 114 Å². The fourth-order valence-electron chi connectivity index (χ4n) is 1.69. The van der Waals surface area contributed by atoms with Crippen molar-refractivity contribution in [2.24, 2.45) is 5.92 Å². The molecule has 0 spiro atoms. The first-order chi connectivity index (χ1) is 8.97. The molecule has 0 saturated heterocycles. The summed E-state index contributed by atoms with van der Waals surface area (Å²) < 4.78 is 4.79. The lowest BCUT2D eigenvalue weighted by atomic mass is 10.3. The molecular formula is C11H12N2O6. The van der Waals surface area contributed by atoms with Crippen LogP contribution in [0, 0.1) is 16.0 Å². The quantitative estimate of drug-likeness (QED) is 0.610. The highest BCUT2D eigenvalue weighted by Crippen LogP contribution is 2.30. The van der Waals surface area contributed by atoms with Crippen LogP contribution >= 0.6 is 0 Å². The second kappa shape index (κ2) is 5.09. The van der Waals surface area contributed by atoms with Crippen LogP contribution in [0.3, 0.4) is 0 Å². The molecule has 0 bridgehead atoms. The summed E-state index contributed by atoms with van der Waals surface area (Å²) in [6.45, 7) is -0.108. The van der Waals surface area contributed by atoms with E-state index in [4.69, 9.17) is 9.52 Å². The maximum atomic E-state index is 12.0. The number of carboxylic acids is 1. The van der Waals surface area contributed by atoms with Gasteiger partial charge in [-0.2, -0.15) is 0 Å². The van der Waals surface area contributed by atoms with E-state index in [0.29, 0.717) is 12.5 Å². The van der Waals surface area contributed by atoms with Gasteiger partial charge in [-0.3, -0.25) is 19.7 Å². The van der Waals surface area contributed by atoms with Gasteiger partial charge in [0.05, 0.1) is 6.07 Å². The molecule has 1 N–H and O–H groups in total. The Morgan fingerprint density at radius 1 is 1.47 bits per heavy atom. The average molecular weight is 268 g/mol. The lowest BCUT2D eigenvalue weighted by Gasteiger charge is -2.18. The number of carbonyl (C=O) groups excluding carboxylic acids is 1. The molecule has 102 valence electrons. The first kappa shape index (κ1) is 13.1. The van der Waals surface area contributed by atoms with Gasteiger partial charge in [0.15, 0.2) is 5.76 Å². The number of aliphatic carboxylic acids is 1. The lowest BCUT2D eigenvalue weighted by molar-refractivity contribution is -0.402. The largest absolute Gasteiger partial charge is 0.480 e. The second-order valence-corrected chi connectivity index (χ2v) is 4.42. The third kappa shape index (κ3) is 3.30. The van der Waals surface area contributed by atoms with Crippen molar-refractivity contribution in [1.82, 2.24) is 4.90 Å². The van der Waals surface area contributed by atoms with E-state index in [2.05, 4.69) is 0 Å². The number of hydrogen-bond acceptors (Lipinski definition) is 5. The lowest BCUT2D eigenvalue weighted by Crippen LogP contribution is -2.37. The molecule has 0 unspecified atom stereocenters. The molecular weight excluding hydrogens is 256 g/mol. The predicted octanol–water partition coefficient (Wildman–Crippen LogP) is 1.12. The Balaban J connectivity index is 2.11. The molecule has 2 rings (SSSR count). The average Bonchev–Trinajstić information content (AvgIpc) is 3.00. The van der Waals surface area contributed by atoms with Crippen molar-refractivity contribution in [3.05, 3.63) is 28.0 Å². The van der Waals surface area contributed by atoms with Crippen molar-refractivity contribution in [2.75, 3.05) is 13.1 Å². The van der Waals surface area contributed by atoms with Crippen LogP contribution < -0.4 is 0 Å². The van der Waals surface area contributed by atoms with E-state index in [-0.39, 0.29) is 5.76 Å². The summed E-state index contributed by atoms with van der Waals surface area (Å²) in [6.07, 6.45) is 1.92. The summed E-state index contributed by atoms with van der Waals surface area (Å²) in [6, 6.07) is 2.26. The highest BCUT2D eigenvalue weighted by Gasteiger charge is 2.30. The van der Waals surface area contributed by atoms with Gasteiger partial charge in [-0.25, -0.2) is 0 Å². The predicted molar refractivity (Wildman–Crippen MR) is 61.6 cm³/mol. The SMILES string of the molecule is O=C(O)CN(CC1CC1)C(=O)c1ccc([N+](=O)[O-])o1. The van der Waals surface area contributed by atoms with Crippen LogP contribution in [-0.4, -0.2) is 39.9 Å². The molecule has 0 atom stereocenters. The van der Waals surface area contributed by atoms with Gasteiger partial charge >= 0.3 is 11.9 Å². The Morgan fingerprint density at radius 2 is 2.16 bits per heavy atom. The summed E-state index contributed by atoms with van der Waals surface area (Å²) >= 11 is 0. The molecule has 1 aliphatic rings. The van der Waals surface area contributed by atoms with Gasteiger partial charge in [-0.1, -0.05) is 0 Å². The van der Waals surface area contributed by atoms with E-state index < -0.39 is 29.2 Å². The van der Waals surface area contributed by atoms with Crippen molar-refractivity contribution in [3.63, 3.8) is 0 Å². The minimum Gasteiger partial charge on any atom is -0.480 e. The number of hydrogen-bond donors (Lipinski definition) is 1. The Morgan fingerprint density at radius 3 is 2.63 bits per heavy atom. The Kier molecular flexibility index (Phi) is 3.50. The molecule has 1 amide bonds. The fraction of sp³-hybridized carbons (Fsp3) is 0.455. The van der Waals surface area contributed by atoms with Crippen LogP contribution in [-0.2, 0) is 4.79 Å². The summed E-state index contributed by atoms with van der Waals surface area (Å²) in [5.41, 5.74) is 0. The van der Waals surface area contributed by atoms with Crippen LogP contribution in [0.4, 0.5) is 5.88 Å². The molecule has 1 aromatic rings. The zero-order chi connectivity index (χ0) is 14.0. The Hall–Kier alpha value is -2.38. The standard InChI is InChI=1S/C11H12N2O6/c14-10(15)6-12(5-7-1-2-7)11(16)8-3-4-9(19-8)13(17)18/h3-4,7H,1-2,5-6H2,(H,14,15). The number of amides is 1. The van der Waals surface area contributed by atoms with E-state index in [1.165, 1.54) is 6.07 Å². The molecule has 1 saturated carbocycles. The molecule has 0 aromatic carbocycles. The number of nitro groups is 1. The molecule has 0 radical (unpaired) electrons. The molecule has 1 aliphatic carbocycles. The van der Waals surface area contributed by atoms with Crippen molar-refractivity contribution >= 4 is 17.8 Å².